The van der Waals surface area contributed by atoms with E-state index in [1.165, 1.54) is 10.5 Å². The SMILES string of the molecule is COc1ccc(C2=NN(C(=O)C[NH+]3CCOCC3)[C@@H](c3ccc(C)cc3)C2)cc1. The van der Waals surface area contributed by atoms with E-state index >= 15 is 0 Å². The van der Waals surface area contributed by atoms with E-state index in [1.807, 2.05) is 24.3 Å². The second-order valence-electron chi connectivity index (χ2n) is 7.68. The molecule has 4 rings (SSSR count). The summed E-state index contributed by atoms with van der Waals surface area (Å²) in [5.41, 5.74) is 4.28. The monoisotopic (exact) mass is 394 g/mol. The van der Waals surface area contributed by atoms with Gasteiger partial charge in [-0.2, -0.15) is 5.10 Å². The van der Waals surface area contributed by atoms with Crippen molar-refractivity contribution in [3.05, 3.63) is 65.2 Å². The molecule has 2 aromatic carbocycles. The number of nitrogens with zero attached hydrogens (tertiary/aromatic N) is 2. The van der Waals surface area contributed by atoms with E-state index < -0.39 is 0 Å². The maximum absolute atomic E-state index is 13.2. The van der Waals surface area contributed by atoms with E-state index in [4.69, 9.17) is 14.6 Å². The summed E-state index contributed by atoms with van der Waals surface area (Å²) in [6.45, 7) is 5.68. The van der Waals surface area contributed by atoms with Crippen molar-refractivity contribution in [1.29, 1.82) is 0 Å². The highest BCUT2D eigenvalue weighted by Crippen LogP contribution is 2.33. The molecule has 0 unspecified atom stereocenters. The van der Waals surface area contributed by atoms with E-state index in [2.05, 4.69) is 31.2 Å². The molecule has 0 aromatic heterocycles. The molecule has 152 valence electrons. The van der Waals surface area contributed by atoms with E-state index in [0.29, 0.717) is 26.2 Å². The van der Waals surface area contributed by atoms with Crippen LogP contribution < -0.4 is 9.64 Å². The van der Waals surface area contributed by atoms with Crippen LogP contribution in [0.15, 0.2) is 53.6 Å². The lowest BCUT2D eigenvalue weighted by atomic mass is 9.97. The number of carbonyl (C=O) groups is 1. The molecule has 1 atom stereocenters. The molecule has 1 fully saturated rings. The van der Waals surface area contributed by atoms with Gasteiger partial charge < -0.3 is 14.4 Å². The van der Waals surface area contributed by atoms with Crippen molar-refractivity contribution in [2.75, 3.05) is 40.0 Å². The van der Waals surface area contributed by atoms with E-state index in [-0.39, 0.29) is 11.9 Å². The number of benzene rings is 2. The van der Waals surface area contributed by atoms with Crippen molar-refractivity contribution in [1.82, 2.24) is 5.01 Å². The Bertz CT molecular complexity index is 871. The van der Waals surface area contributed by atoms with Gasteiger partial charge in [-0.1, -0.05) is 29.8 Å². The number of rotatable bonds is 5. The number of hydrogen-bond acceptors (Lipinski definition) is 4. The lowest BCUT2D eigenvalue weighted by Gasteiger charge is -2.27. The van der Waals surface area contributed by atoms with Crippen LogP contribution in [0, 0.1) is 6.92 Å². The van der Waals surface area contributed by atoms with Crippen molar-refractivity contribution in [2.24, 2.45) is 5.10 Å². The largest absolute Gasteiger partial charge is 0.497 e. The number of carbonyl (C=O) groups excluding carboxylic acids is 1. The summed E-state index contributed by atoms with van der Waals surface area (Å²) < 4.78 is 10.7. The highest BCUT2D eigenvalue weighted by molar-refractivity contribution is 6.03. The Morgan fingerprint density at radius 2 is 1.83 bits per heavy atom. The molecule has 6 heteroatoms. The number of methoxy groups -OCH3 is 1. The second-order valence-corrected chi connectivity index (χ2v) is 7.68. The summed E-state index contributed by atoms with van der Waals surface area (Å²) >= 11 is 0. The summed E-state index contributed by atoms with van der Waals surface area (Å²) in [6, 6.07) is 16.2. The van der Waals surface area contributed by atoms with E-state index in [1.54, 1.807) is 12.1 Å². The van der Waals surface area contributed by atoms with E-state index in [0.717, 1.165) is 35.7 Å². The Morgan fingerprint density at radius 1 is 1.14 bits per heavy atom. The second kappa shape index (κ2) is 8.76. The predicted octanol–water partition coefficient (Wildman–Crippen LogP) is 1.60. The normalized spacial score (nSPS) is 19.9. The molecule has 2 aromatic rings. The van der Waals surface area contributed by atoms with Gasteiger partial charge in [0.25, 0.3) is 5.91 Å². The molecule has 1 saturated heterocycles. The first-order valence-electron chi connectivity index (χ1n) is 10.2. The van der Waals surface area contributed by atoms with Crippen LogP contribution in [0.3, 0.4) is 0 Å². The molecule has 2 aliphatic rings. The highest BCUT2D eigenvalue weighted by Gasteiger charge is 2.35. The van der Waals surface area contributed by atoms with Crippen molar-refractivity contribution in [3.8, 4) is 5.75 Å². The molecule has 0 aliphatic carbocycles. The zero-order valence-corrected chi connectivity index (χ0v) is 17.1. The number of nitrogens with one attached hydrogen (secondary N) is 1. The van der Waals surface area contributed by atoms with Gasteiger partial charge in [0.1, 0.15) is 18.8 Å². The first-order valence-corrected chi connectivity index (χ1v) is 10.2. The van der Waals surface area contributed by atoms with Gasteiger partial charge in [0, 0.05) is 6.42 Å². The topological polar surface area (TPSA) is 55.6 Å². The minimum Gasteiger partial charge on any atom is -0.497 e. The Kier molecular flexibility index (Phi) is 5.92. The molecule has 0 bridgehead atoms. The third-order valence-electron chi connectivity index (χ3n) is 5.65. The zero-order valence-electron chi connectivity index (χ0n) is 17.1. The predicted molar refractivity (Wildman–Crippen MR) is 111 cm³/mol. The van der Waals surface area contributed by atoms with Crippen molar-refractivity contribution in [2.45, 2.75) is 19.4 Å². The molecule has 29 heavy (non-hydrogen) atoms. The van der Waals surface area contributed by atoms with Crippen LogP contribution >= 0.6 is 0 Å². The molecular weight excluding hydrogens is 366 g/mol. The first-order chi connectivity index (χ1) is 14.1. The van der Waals surface area contributed by atoms with Gasteiger partial charge in [-0.05, 0) is 42.3 Å². The molecular formula is C23H28N3O3+. The van der Waals surface area contributed by atoms with Crippen LogP contribution in [0.2, 0.25) is 0 Å². The van der Waals surface area contributed by atoms with Crippen LogP contribution in [0.4, 0.5) is 0 Å². The van der Waals surface area contributed by atoms with Gasteiger partial charge in [0.2, 0.25) is 0 Å². The quantitative estimate of drug-likeness (QED) is 0.838. The van der Waals surface area contributed by atoms with Gasteiger partial charge in [-0.25, -0.2) is 5.01 Å². The minimum atomic E-state index is -0.0688. The van der Waals surface area contributed by atoms with Gasteiger partial charge in [0.15, 0.2) is 6.54 Å². The Balaban J connectivity index is 1.59. The van der Waals surface area contributed by atoms with Crippen molar-refractivity contribution in [3.63, 3.8) is 0 Å². The van der Waals surface area contributed by atoms with Gasteiger partial charge >= 0.3 is 0 Å². The smallest absolute Gasteiger partial charge is 0.298 e. The number of ether oxygens (including phenoxy) is 2. The summed E-state index contributed by atoms with van der Waals surface area (Å²) in [5.74, 6) is 0.877. The fourth-order valence-corrected chi connectivity index (χ4v) is 3.88. The van der Waals surface area contributed by atoms with Gasteiger partial charge in [-0.3, -0.25) is 4.79 Å². The number of quaternary nitrogens is 1. The molecule has 6 nitrogen and oxygen atoms in total. The molecule has 0 saturated carbocycles. The van der Waals surface area contributed by atoms with Crippen molar-refractivity contribution >= 4 is 11.6 Å². The molecule has 2 aliphatic heterocycles. The summed E-state index contributed by atoms with van der Waals surface area (Å²) in [7, 11) is 1.66. The summed E-state index contributed by atoms with van der Waals surface area (Å²) in [6.07, 6.45) is 0.708. The zero-order chi connectivity index (χ0) is 20.2. The molecule has 1 N–H and O–H groups in total. The average Bonchev–Trinajstić information content (AvgIpc) is 3.21. The van der Waals surface area contributed by atoms with Crippen LogP contribution in [-0.4, -0.2) is 56.6 Å². The minimum absolute atomic E-state index is 0.0657. The van der Waals surface area contributed by atoms with Gasteiger partial charge in [0.05, 0.1) is 32.1 Å². The van der Waals surface area contributed by atoms with Crippen LogP contribution in [0.1, 0.15) is 29.2 Å². The third-order valence-corrected chi connectivity index (χ3v) is 5.65. The number of aryl methyl sites for hydroxylation is 1. The molecule has 2 heterocycles. The highest BCUT2D eigenvalue weighted by atomic mass is 16.5. The number of hydrazone groups is 1. The van der Waals surface area contributed by atoms with Crippen LogP contribution in [0.5, 0.6) is 5.75 Å². The van der Waals surface area contributed by atoms with Crippen LogP contribution in [0.25, 0.3) is 0 Å². The fraction of sp³-hybridized carbons (Fsp3) is 0.391. The number of amides is 1. The lowest BCUT2D eigenvalue weighted by Crippen LogP contribution is -3.15. The molecule has 1 amide bonds. The number of morpholine rings is 1. The van der Waals surface area contributed by atoms with Crippen LogP contribution in [-0.2, 0) is 9.53 Å². The maximum Gasteiger partial charge on any atom is 0.298 e. The average molecular weight is 394 g/mol. The third kappa shape index (κ3) is 4.49. The maximum atomic E-state index is 13.2. The Morgan fingerprint density at radius 3 is 2.48 bits per heavy atom. The fourth-order valence-electron chi connectivity index (χ4n) is 3.88. The Labute approximate surface area is 171 Å². The first kappa shape index (κ1) is 19.6. The standard InChI is InChI=1S/C23H27N3O3/c1-17-3-5-19(6-4-17)22-15-21(18-7-9-20(28-2)10-8-18)24-26(22)23(27)16-25-11-13-29-14-12-25/h3-10,22H,11-16H2,1-2H3/p+1/t22-/m1/s1. The van der Waals surface area contributed by atoms with E-state index in [9.17, 15) is 4.79 Å². The summed E-state index contributed by atoms with van der Waals surface area (Å²) in [4.78, 5) is 14.4. The Hall–Kier alpha value is -2.70. The van der Waals surface area contributed by atoms with Gasteiger partial charge in [-0.15, -0.1) is 0 Å². The lowest BCUT2D eigenvalue weighted by molar-refractivity contribution is -0.900. The molecule has 0 spiro atoms. The number of hydrogen-bond donors (Lipinski definition) is 1. The van der Waals surface area contributed by atoms with Crippen molar-refractivity contribution < 1.29 is 19.2 Å². The summed E-state index contributed by atoms with van der Waals surface area (Å²) in [5, 5.41) is 6.48. The molecule has 0 radical (unpaired) electrons.